The lowest BCUT2D eigenvalue weighted by molar-refractivity contribution is -0.145. The van der Waals surface area contributed by atoms with E-state index in [9.17, 15) is 9.59 Å². The molecule has 1 aliphatic rings. The van der Waals surface area contributed by atoms with Crippen LogP contribution in [0.15, 0.2) is 48.5 Å². The number of fused-ring (bicyclic) bond motifs is 1. The Bertz CT molecular complexity index is 770. The van der Waals surface area contributed by atoms with E-state index in [1.807, 2.05) is 56.3 Å². The summed E-state index contributed by atoms with van der Waals surface area (Å²) in [5, 5.41) is 0. The fourth-order valence-electron chi connectivity index (χ4n) is 3.16. The standard InChI is InChI=1S/C20H22N2O2/c1-3-22(18-10-6-7-15(2)13-18)20(24)19(23)21-12-11-16-8-4-5-9-17(16)14-21/h4-10,13H,3,11-12,14H2,1-2H3. The van der Waals surface area contributed by atoms with Crippen LogP contribution in [0.25, 0.3) is 0 Å². The van der Waals surface area contributed by atoms with E-state index in [2.05, 4.69) is 6.07 Å². The Balaban J connectivity index is 1.78. The highest BCUT2D eigenvalue weighted by Gasteiger charge is 2.29. The van der Waals surface area contributed by atoms with Gasteiger partial charge in [0.2, 0.25) is 0 Å². The molecule has 0 radical (unpaired) electrons. The highest BCUT2D eigenvalue weighted by Crippen LogP contribution is 2.21. The molecule has 2 amide bonds. The van der Waals surface area contributed by atoms with Crippen molar-refractivity contribution < 1.29 is 9.59 Å². The zero-order valence-electron chi connectivity index (χ0n) is 14.2. The zero-order valence-corrected chi connectivity index (χ0v) is 14.2. The normalized spacial score (nSPS) is 13.3. The van der Waals surface area contributed by atoms with Crippen LogP contribution in [-0.4, -0.2) is 29.8 Å². The molecule has 0 saturated carbocycles. The largest absolute Gasteiger partial charge is 0.330 e. The van der Waals surface area contributed by atoms with E-state index in [0.717, 1.165) is 23.2 Å². The minimum atomic E-state index is -0.456. The maximum absolute atomic E-state index is 12.7. The number of amides is 2. The predicted molar refractivity (Wildman–Crippen MR) is 94.8 cm³/mol. The molecule has 2 aromatic carbocycles. The number of carbonyl (C=O) groups excluding carboxylic acids is 2. The smallest absolute Gasteiger partial charge is 0.316 e. The van der Waals surface area contributed by atoms with Gasteiger partial charge >= 0.3 is 11.8 Å². The summed E-state index contributed by atoms with van der Waals surface area (Å²) in [6, 6.07) is 15.8. The SMILES string of the molecule is CCN(C(=O)C(=O)N1CCc2ccccc2C1)c1cccc(C)c1. The van der Waals surface area contributed by atoms with Crippen LogP contribution in [0.3, 0.4) is 0 Å². The van der Waals surface area contributed by atoms with Crippen LogP contribution >= 0.6 is 0 Å². The predicted octanol–water partition coefficient (Wildman–Crippen LogP) is 2.93. The molecule has 0 saturated heterocycles. The van der Waals surface area contributed by atoms with Gasteiger partial charge in [-0.1, -0.05) is 36.4 Å². The third-order valence-corrected chi connectivity index (χ3v) is 4.48. The van der Waals surface area contributed by atoms with E-state index in [1.54, 1.807) is 9.80 Å². The molecule has 3 rings (SSSR count). The van der Waals surface area contributed by atoms with Gasteiger partial charge in [-0.05, 0) is 49.1 Å². The summed E-state index contributed by atoms with van der Waals surface area (Å²) >= 11 is 0. The molecular weight excluding hydrogens is 300 g/mol. The molecule has 2 aromatic rings. The quantitative estimate of drug-likeness (QED) is 0.798. The lowest BCUT2D eigenvalue weighted by Crippen LogP contribution is -2.47. The second-order valence-electron chi connectivity index (χ2n) is 6.13. The van der Waals surface area contributed by atoms with Crippen LogP contribution in [0, 0.1) is 6.92 Å². The lowest BCUT2D eigenvalue weighted by Gasteiger charge is -2.30. The molecule has 4 heteroatoms. The van der Waals surface area contributed by atoms with Gasteiger partial charge in [-0.3, -0.25) is 9.59 Å². The van der Waals surface area contributed by atoms with Gasteiger partial charge in [-0.15, -0.1) is 0 Å². The molecule has 0 fully saturated rings. The minimum Gasteiger partial charge on any atom is -0.330 e. The first kappa shape index (κ1) is 16.2. The summed E-state index contributed by atoms with van der Waals surface area (Å²) in [6.07, 6.45) is 0.797. The van der Waals surface area contributed by atoms with Gasteiger partial charge < -0.3 is 9.80 Å². The minimum absolute atomic E-state index is 0.423. The average molecular weight is 322 g/mol. The first-order valence-corrected chi connectivity index (χ1v) is 8.34. The van der Waals surface area contributed by atoms with Gasteiger partial charge in [0.15, 0.2) is 0 Å². The van der Waals surface area contributed by atoms with Crippen molar-refractivity contribution in [3.8, 4) is 0 Å². The fraction of sp³-hybridized carbons (Fsp3) is 0.300. The van der Waals surface area contributed by atoms with E-state index >= 15 is 0 Å². The van der Waals surface area contributed by atoms with E-state index in [0.29, 0.717) is 19.6 Å². The number of carbonyl (C=O) groups is 2. The van der Waals surface area contributed by atoms with Crippen molar-refractivity contribution >= 4 is 17.5 Å². The molecule has 0 aromatic heterocycles. The Morgan fingerprint density at radius 2 is 1.83 bits per heavy atom. The molecule has 24 heavy (non-hydrogen) atoms. The van der Waals surface area contributed by atoms with E-state index in [4.69, 9.17) is 0 Å². The number of rotatable bonds is 2. The molecule has 1 aliphatic heterocycles. The Hall–Kier alpha value is -2.62. The molecule has 0 spiro atoms. The maximum atomic E-state index is 12.7. The Kier molecular flexibility index (Phi) is 4.65. The Morgan fingerprint density at radius 1 is 1.08 bits per heavy atom. The van der Waals surface area contributed by atoms with E-state index in [1.165, 1.54) is 5.56 Å². The van der Waals surface area contributed by atoms with Crippen molar-refractivity contribution in [3.05, 3.63) is 65.2 Å². The molecule has 124 valence electrons. The van der Waals surface area contributed by atoms with Crippen LogP contribution in [-0.2, 0) is 22.6 Å². The third kappa shape index (κ3) is 3.18. The number of hydrogen-bond donors (Lipinski definition) is 0. The number of likely N-dealkylation sites (N-methyl/N-ethyl adjacent to an activating group) is 1. The van der Waals surface area contributed by atoms with Crippen LogP contribution in [0.4, 0.5) is 5.69 Å². The number of anilines is 1. The second-order valence-corrected chi connectivity index (χ2v) is 6.13. The van der Waals surface area contributed by atoms with Gasteiger partial charge in [-0.25, -0.2) is 0 Å². The molecule has 1 heterocycles. The molecule has 0 aliphatic carbocycles. The van der Waals surface area contributed by atoms with Crippen molar-refractivity contribution in [1.29, 1.82) is 0 Å². The lowest BCUT2D eigenvalue weighted by atomic mass is 10.00. The topological polar surface area (TPSA) is 40.6 Å². The highest BCUT2D eigenvalue weighted by atomic mass is 16.2. The summed E-state index contributed by atoms with van der Waals surface area (Å²) in [5.41, 5.74) is 4.23. The molecule has 0 unspecified atom stereocenters. The number of benzene rings is 2. The van der Waals surface area contributed by atoms with Crippen molar-refractivity contribution in [1.82, 2.24) is 4.90 Å². The summed E-state index contributed by atoms with van der Waals surface area (Å²) in [5.74, 6) is -0.879. The molecule has 0 bridgehead atoms. The zero-order chi connectivity index (χ0) is 17.1. The number of aryl methyl sites for hydroxylation is 1. The van der Waals surface area contributed by atoms with Crippen molar-refractivity contribution in [2.75, 3.05) is 18.0 Å². The first-order chi connectivity index (χ1) is 11.6. The Labute approximate surface area is 142 Å². The second kappa shape index (κ2) is 6.87. The van der Waals surface area contributed by atoms with Crippen molar-refractivity contribution in [3.63, 3.8) is 0 Å². The van der Waals surface area contributed by atoms with Crippen molar-refractivity contribution in [2.45, 2.75) is 26.8 Å². The Morgan fingerprint density at radius 3 is 2.54 bits per heavy atom. The van der Waals surface area contributed by atoms with Crippen LogP contribution < -0.4 is 4.90 Å². The molecule has 4 nitrogen and oxygen atoms in total. The van der Waals surface area contributed by atoms with Gasteiger partial charge in [0.1, 0.15) is 0 Å². The van der Waals surface area contributed by atoms with Gasteiger partial charge in [-0.2, -0.15) is 0 Å². The third-order valence-electron chi connectivity index (χ3n) is 4.48. The van der Waals surface area contributed by atoms with Crippen LogP contribution in [0.1, 0.15) is 23.6 Å². The van der Waals surface area contributed by atoms with E-state index in [-0.39, 0.29) is 0 Å². The molecule has 0 atom stereocenters. The maximum Gasteiger partial charge on any atom is 0.316 e. The molecular formula is C20H22N2O2. The van der Waals surface area contributed by atoms with Gasteiger partial charge in [0, 0.05) is 25.3 Å². The van der Waals surface area contributed by atoms with Crippen LogP contribution in [0.2, 0.25) is 0 Å². The van der Waals surface area contributed by atoms with Crippen molar-refractivity contribution in [2.24, 2.45) is 0 Å². The number of hydrogen-bond acceptors (Lipinski definition) is 2. The molecule has 0 N–H and O–H groups in total. The number of nitrogens with zero attached hydrogens (tertiary/aromatic N) is 2. The van der Waals surface area contributed by atoms with Crippen LogP contribution in [0.5, 0.6) is 0 Å². The summed E-state index contributed by atoms with van der Waals surface area (Å²) in [6.45, 7) is 5.43. The summed E-state index contributed by atoms with van der Waals surface area (Å²) in [4.78, 5) is 28.6. The van der Waals surface area contributed by atoms with E-state index < -0.39 is 11.8 Å². The van der Waals surface area contributed by atoms with Gasteiger partial charge in [0.25, 0.3) is 0 Å². The average Bonchev–Trinajstić information content (AvgIpc) is 2.61. The monoisotopic (exact) mass is 322 g/mol. The first-order valence-electron chi connectivity index (χ1n) is 8.34. The highest BCUT2D eigenvalue weighted by molar-refractivity contribution is 6.40. The van der Waals surface area contributed by atoms with Gasteiger partial charge in [0.05, 0.1) is 0 Å². The summed E-state index contributed by atoms with van der Waals surface area (Å²) in [7, 11) is 0. The fourth-order valence-corrected chi connectivity index (χ4v) is 3.16. The summed E-state index contributed by atoms with van der Waals surface area (Å²) < 4.78 is 0.